The molecule has 0 bridgehead atoms. The zero-order valence-corrected chi connectivity index (χ0v) is 12.3. The Morgan fingerprint density at radius 2 is 2.18 bits per heavy atom. The van der Waals surface area contributed by atoms with Crippen LogP contribution in [0.25, 0.3) is 10.9 Å². The minimum Gasteiger partial charge on any atom is -0.327 e. The predicted molar refractivity (Wildman–Crippen MR) is 82.6 cm³/mol. The van der Waals surface area contributed by atoms with Gasteiger partial charge in [0.25, 0.3) is 5.69 Å². The molecule has 0 saturated heterocycles. The lowest BCUT2D eigenvalue weighted by Crippen LogP contribution is -2.07. The monoisotopic (exact) mass is 299 g/mol. The highest BCUT2D eigenvalue weighted by Gasteiger charge is 2.09. The van der Waals surface area contributed by atoms with E-state index in [1.54, 1.807) is 16.8 Å². The molecule has 3 aromatic rings. The molecule has 0 radical (unpaired) electrons. The second-order valence-electron chi connectivity index (χ2n) is 5.28. The Hall–Kier alpha value is -2.70. The van der Waals surface area contributed by atoms with Gasteiger partial charge in [-0.2, -0.15) is 0 Å². The molecule has 1 aromatic carbocycles. The summed E-state index contributed by atoms with van der Waals surface area (Å²) in [5.74, 6) is 0. The maximum Gasteiger partial charge on any atom is 0.270 e. The molecule has 2 heterocycles. The maximum atomic E-state index is 10.8. The van der Waals surface area contributed by atoms with E-state index in [-0.39, 0.29) is 10.6 Å². The molecule has 7 heteroatoms. The SMILES string of the molecule is CCCCc1cn(Cn2ccc3cc([N+](=O)[O-])ccc32)nn1. The van der Waals surface area contributed by atoms with E-state index in [4.69, 9.17) is 0 Å². The molecule has 0 unspecified atom stereocenters. The Bertz CT molecular complexity index is 805. The minimum atomic E-state index is -0.381. The van der Waals surface area contributed by atoms with Crippen LogP contribution in [0.4, 0.5) is 5.69 Å². The fraction of sp³-hybridized carbons (Fsp3) is 0.333. The molecule has 22 heavy (non-hydrogen) atoms. The molecule has 0 atom stereocenters. The van der Waals surface area contributed by atoms with E-state index in [0.717, 1.165) is 35.9 Å². The Labute approximate surface area is 127 Å². The number of hydrogen-bond donors (Lipinski definition) is 0. The van der Waals surface area contributed by atoms with Gasteiger partial charge in [0.2, 0.25) is 0 Å². The van der Waals surface area contributed by atoms with Crippen molar-refractivity contribution in [2.75, 3.05) is 0 Å². The number of benzene rings is 1. The predicted octanol–water partition coefficient (Wildman–Crippen LogP) is 2.99. The number of hydrogen-bond acceptors (Lipinski definition) is 4. The molecule has 0 aliphatic carbocycles. The molecular weight excluding hydrogens is 282 g/mol. The van der Waals surface area contributed by atoms with Crippen LogP contribution in [0.5, 0.6) is 0 Å². The van der Waals surface area contributed by atoms with Gasteiger partial charge in [-0.25, -0.2) is 4.68 Å². The highest BCUT2D eigenvalue weighted by atomic mass is 16.6. The van der Waals surface area contributed by atoms with E-state index in [1.165, 1.54) is 6.07 Å². The number of aromatic nitrogens is 4. The third-order valence-corrected chi connectivity index (χ3v) is 3.64. The van der Waals surface area contributed by atoms with Gasteiger partial charge >= 0.3 is 0 Å². The van der Waals surface area contributed by atoms with Crippen molar-refractivity contribution in [3.05, 3.63) is 52.5 Å². The summed E-state index contributed by atoms with van der Waals surface area (Å²) in [4.78, 5) is 10.4. The molecule has 2 aromatic heterocycles. The zero-order valence-electron chi connectivity index (χ0n) is 12.3. The minimum absolute atomic E-state index is 0.104. The normalized spacial score (nSPS) is 11.1. The average molecular weight is 299 g/mol. The van der Waals surface area contributed by atoms with Crippen molar-refractivity contribution in [2.45, 2.75) is 32.9 Å². The summed E-state index contributed by atoms with van der Waals surface area (Å²) in [6.45, 7) is 2.69. The first-order valence-corrected chi connectivity index (χ1v) is 7.29. The summed E-state index contributed by atoms with van der Waals surface area (Å²) < 4.78 is 3.78. The maximum absolute atomic E-state index is 10.8. The topological polar surface area (TPSA) is 78.8 Å². The van der Waals surface area contributed by atoms with E-state index in [0.29, 0.717) is 6.67 Å². The van der Waals surface area contributed by atoms with Crippen molar-refractivity contribution in [1.82, 2.24) is 19.6 Å². The van der Waals surface area contributed by atoms with Gasteiger partial charge in [0.15, 0.2) is 0 Å². The van der Waals surface area contributed by atoms with Gasteiger partial charge in [-0.3, -0.25) is 10.1 Å². The van der Waals surface area contributed by atoms with Crippen LogP contribution in [-0.4, -0.2) is 24.5 Å². The van der Waals surface area contributed by atoms with Gasteiger partial charge in [-0.15, -0.1) is 5.10 Å². The summed E-state index contributed by atoms with van der Waals surface area (Å²) in [5.41, 5.74) is 2.04. The fourth-order valence-corrected chi connectivity index (χ4v) is 2.46. The molecule has 0 saturated carbocycles. The van der Waals surface area contributed by atoms with Gasteiger partial charge in [-0.05, 0) is 25.0 Å². The summed E-state index contributed by atoms with van der Waals surface area (Å²) in [6.07, 6.45) is 7.03. The standard InChI is InChI=1S/C15H17N5O2/c1-2-3-4-13-10-19(17-16-13)11-18-8-7-12-9-14(20(21)22)5-6-15(12)18/h5-10H,2-4,11H2,1H3. The van der Waals surface area contributed by atoms with E-state index in [1.807, 2.05) is 23.0 Å². The highest BCUT2D eigenvalue weighted by molar-refractivity contribution is 5.82. The van der Waals surface area contributed by atoms with Gasteiger partial charge in [0.05, 0.1) is 22.3 Å². The van der Waals surface area contributed by atoms with E-state index in [9.17, 15) is 10.1 Å². The lowest BCUT2D eigenvalue weighted by Gasteiger charge is -2.04. The number of nitrogens with zero attached hydrogens (tertiary/aromatic N) is 5. The van der Waals surface area contributed by atoms with Crippen molar-refractivity contribution in [2.24, 2.45) is 0 Å². The molecule has 7 nitrogen and oxygen atoms in total. The summed E-state index contributed by atoms with van der Waals surface area (Å²) in [6, 6.07) is 6.74. The smallest absolute Gasteiger partial charge is 0.270 e. The molecule has 0 aliphatic rings. The molecule has 114 valence electrons. The first-order chi connectivity index (χ1) is 10.7. The van der Waals surface area contributed by atoms with Crippen molar-refractivity contribution in [1.29, 1.82) is 0 Å². The molecule has 3 rings (SSSR count). The van der Waals surface area contributed by atoms with Gasteiger partial charge in [-0.1, -0.05) is 18.6 Å². The molecule has 0 fully saturated rings. The lowest BCUT2D eigenvalue weighted by molar-refractivity contribution is -0.384. The van der Waals surface area contributed by atoms with Crippen LogP contribution in [-0.2, 0) is 13.1 Å². The number of nitro groups is 1. The number of rotatable bonds is 6. The number of nitro benzene ring substituents is 1. The third kappa shape index (κ3) is 2.83. The first kappa shape index (κ1) is 14.2. The third-order valence-electron chi connectivity index (χ3n) is 3.64. The number of aryl methyl sites for hydroxylation is 1. The molecule has 0 amide bonds. The van der Waals surface area contributed by atoms with E-state index >= 15 is 0 Å². The quantitative estimate of drug-likeness (QED) is 0.517. The molecule has 0 aliphatic heterocycles. The fourth-order valence-electron chi connectivity index (χ4n) is 2.46. The second kappa shape index (κ2) is 5.97. The number of fused-ring (bicyclic) bond motifs is 1. The van der Waals surface area contributed by atoms with Crippen molar-refractivity contribution >= 4 is 16.6 Å². The Morgan fingerprint density at radius 3 is 2.95 bits per heavy atom. The molecule has 0 N–H and O–H groups in total. The van der Waals surface area contributed by atoms with Crippen LogP contribution in [0, 0.1) is 10.1 Å². The highest BCUT2D eigenvalue weighted by Crippen LogP contribution is 2.21. The largest absolute Gasteiger partial charge is 0.327 e. The Balaban J connectivity index is 1.82. The van der Waals surface area contributed by atoms with Crippen molar-refractivity contribution < 1.29 is 4.92 Å². The molecule has 0 spiro atoms. The Morgan fingerprint density at radius 1 is 1.32 bits per heavy atom. The van der Waals surface area contributed by atoms with E-state index in [2.05, 4.69) is 17.2 Å². The van der Waals surface area contributed by atoms with Gasteiger partial charge < -0.3 is 4.57 Å². The average Bonchev–Trinajstić information content (AvgIpc) is 3.12. The van der Waals surface area contributed by atoms with E-state index < -0.39 is 0 Å². The number of unbranched alkanes of at least 4 members (excludes halogenated alkanes) is 1. The summed E-state index contributed by atoms with van der Waals surface area (Å²) >= 11 is 0. The van der Waals surface area contributed by atoms with Gasteiger partial charge in [0.1, 0.15) is 6.67 Å². The van der Waals surface area contributed by atoms with Crippen LogP contribution < -0.4 is 0 Å². The second-order valence-corrected chi connectivity index (χ2v) is 5.28. The lowest BCUT2D eigenvalue weighted by atomic mass is 10.2. The van der Waals surface area contributed by atoms with Crippen LogP contribution in [0.15, 0.2) is 36.7 Å². The van der Waals surface area contributed by atoms with Crippen LogP contribution in [0.2, 0.25) is 0 Å². The zero-order chi connectivity index (χ0) is 15.5. The Kier molecular flexibility index (Phi) is 3.86. The van der Waals surface area contributed by atoms with Crippen molar-refractivity contribution in [3.8, 4) is 0 Å². The van der Waals surface area contributed by atoms with Crippen molar-refractivity contribution in [3.63, 3.8) is 0 Å². The molecular formula is C15H17N5O2. The van der Waals surface area contributed by atoms with Crippen LogP contribution >= 0.6 is 0 Å². The number of non-ortho nitro benzene ring substituents is 1. The van der Waals surface area contributed by atoms with Gasteiger partial charge in [0, 0.05) is 23.7 Å². The van der Waals surface area contributed by atoms with Crippen LogP contribution in [0.1, 0.15) is 25.5 Å². The summed E-state index contributed by atoms with van der Waals surface area (Å²) in [5, 5.41) is 20.0. The van der Waals surface area contributed by atoms with Crippen LogP contribution in [0.3, 0.4) is 0 Å². The first-order valence-electron chi connectivity index (χ1n) is 7.29. The summed E-state index contributed by atoms with van der Waals surface area (Å²) in [7, 11) is 0.